The van der Waals surface area contributed by atoms with Crippen molar-refractivity contribution >= 4 is 11.6 Å². The van der Waals surface area contributed by atoms with Crippen LogP contribution >= 0.6 is 11.6 Å². The van der Waals surface area contributed by atoms with E-state index in [1.54, 1.807) is 0 Å². The van der Waals surface area contributed by atoms with Gasteiger partial charge in [-0.15, -0.1) is 21.8 Å². The van der Waals surface area contributed by atoms with Gasteiger partial charge < -0.3 is 4.57 Å². The molecule has 0 unspecified atom stereocenters. The molecule has 0 spiro atoms. The molecule has 0 aromatic carbocycles. The summed E-state index contributed by atoms with van der Waals surface area (Å²) in [7, 11) is 0. The molecular weight excluding hydrogens is 198 g/mol. The molecule has 0 amide bonds. The normalized spacial score (nSPS) is 23.9. The van der Waals surface area contributed by atoms with Crippen molar-refractivity contribution in [2.45, 2.75) is 49.9 Å². The quantitative estimate of drug-likeness (QED) is 0.719. The maximum Gasteiger partial charge on any atom is 0.148 e. The maximum absolute atomic E-state index is 5.86. The molecule has 1 aromatic rings. The van der Waals surface area contributed by atoms with Crippen LogP contribution in [0.1, 0.15) is 50.3 Å². The number of rotatable bonds is 3. The van der Waals surface area contributed by atoms with E-state index in [1.807, 2.05) is 0 Å². The van der Waals surface area contributed by atoms with Crippen LogP contribution in [0, 0.1) is 0 Å². The predicted molar refractivity (Wildman–Crippen MR) is 54.4 cm³/mol. The van der Waals surface area contributed by atoms with E-state index in [4.69, 9.17) is 11.6 Å². The lowest BCUT2D eigenvalue weighted by atomic mass is 10.1. The molecule has 76 valence electrons. The van der Waals surface area contributed by atoms with Gasteiger partial charge in [0.15, 0.2) is 0 Å². The highest BCUT2D eigenvalue weighted by Crippen LogP contribution is 2.49. The summed E-state index contributed by atoms with van der Waals surface area (Å²) in [6, 6.07) is 0.645. The monoisotopic (exact) mass is 211 g/mol. The number of nitrogens with zero attached hydrogens (tertiary/aromatic N) is 3. The molecular formula is C10H14ClN3. The number of alkyl halides is 1. The zero-order valence-electron chi connectivity index (χ0n) is 8.33. The first kappa shape index (κ1) is 8.72. The molecule has 0 aliphatic heterocycles. The first-order valence-electron chi connectivity index (χ1n) is 5.25. The molecule has 2 fully saturated rings. The number of aromatic nitrogens is 3. The van der Waals surface area contributed by atoms with Crippen LogP contribution in [0.25, 0.3) is 0 Å². The molecule has 14 heavy (non-hydrogen) atoms. The fourth-order valence-electron chi connectivity index (χ4n) is 1.95. The van der Waals surface area contributed by atoms with E-state index in [1.165, 1.54) is 31.5 Å². The number of halogens is 1. The fourth-order valence-corrected chi connectivity index (χ4v) is 2.14. The first-order valence-corrected chi connectivity index (χ1v) is 5.78. The maximum atomic E-state index is 5.86. The Morgan fingerprint density at radius 2 is 2.14 bits per heavy atom. The summed E-state index contributed by atoms with van der Waals surface area (Å²) < 4.78 is 2.29. The third kappa shape index (κ3) is 1.18. The molecule has 1 heterocycles. The standard InChI is InChI=1S/C10H14ClN3/c1-10(4-5-10)9-13-12-8(6-11)14(9)7-2-3-7/h7H,2-6H2,1H3. The van der Waals surface area contributed by atoms with E-state index < -0.39 is 0 Å². The second-order valence-corrected chi connectivity index (χ2v) is 5.00. The molecule has 4 heteroatoms. The van der Waals surface area contributed by atoms with Crippen molar-refractivity contribution in [3.05, 3.63) is 11.6 Å². The van der Waals surface area contributed by atoms with Gasteiger partial charge in [-0.05, 0) is 25.7 Å². The lowest BCUT2D eigenvalue weighted by Gasteiger charge is -2.11. The van der Waals surface area contributed by atoms with E-state index in [0.717, 1.165) is 5.82 Å². The largest absolute Gasteiger partial charge is 0.310 e. The Kier molecular flexibility index (Phi) is 1.69. The van der Waals surface area contributed by atoms with Gasteiger partial charge in [0.1, 0.15) is 11.6 Å². The molecule has 0 N–H and O–H groups in total. The molecule has 0 bridgehead atoms. The van der Waals surface area contributed by atoms with Gasteiger partial charge in [0, 0.05) is 11.5 Å². The van der Waals surface area contributed by atoms with Crippen LogP contribution in [0.5, 0.6) is 0 Å². The highest BCUT2D eigenvalue weighted by atomic mass is 35.5. The molecule has 3 nitrogen and oxygen atoms in total. The van der Waals surface area contributed by atoms with Crippen LogP contribution in [-0.4, -0.2) is 14.8 Å². The average molecular weight is 212 g/mol. The SMILES string of the molecule is CC1(c2nnc(CCl)n2C2CC2)CC1. The summed E-state index contributed by atoms with van der Waals surface area (Å²) in [6.45, 7) is 2.27. The van der Waals surface area contributed by atoms with Gasteiger partial charge in [-0.2, -0.15) is 0 Å². The Bertz CT molecular complexity index is 363. The van der Waals surface area contributed by atoms with Gasteiger partial charge in [0.05, 0.1) is 5.88 Å². The minimum Gasteiger partial charge on any atom is -0.310 e. The molecule has 0 saturated heterocycles. The summed E-state index contributed by atoms with van der Waals surface area (Å²) in [6.07, 6.45) is 5.04. The summed E-state index contributed by atoms with van der Waals surface area (Å²) in [5, 5.41) is 8.49. The van der Waals surface area contributed by atoms with E-state index >= 15 is 0 Å². The molecule has 2 aliphatic carbocycles. The Labute approximate surface area is 88.5 Å². The Hall–Kier alpha value is -0.570. The Morgan fingerprint density at radius 3 is 2.64 bits per heavy atom. The Balaban J connectivity index is 2.05. The third-order valence-corrected chi connectivity index (χ3v) is 3.58. The minimum absolute atomic E-state index is 0.305. The van der Waals surface area contributed by atoms with Crippen molar-refractivity contribution in [3.8, 4) is 0 Å². The molecule has 2 saturated carbocycles. The molecule has 3 rings (SSSR count). The number of hydrogen-bond acceptors (Lipinski definition) is 2. The summed E-state index contributed by atoms with van der Waals surface area (Å²) >= 11 is 5.86. The van der Waals surface area contributed by atoms with E-state index in [0.29, 0.717) is 17.3 Å². The zero-order chi connectivity index (χ0) is 9.76. The summed E-state index contributed by atoms with van der Waals surface area (Å²) in [5.74, 6) is 2.62. The van der Waals surface area contributed by atoms with E-state index in [-0.39, 0.29) is 0 Å². The van der Waals surface area contributed by atoms with Crippen LogP contribution in [0.2, 0.25) is 0 Å². The minimum atomic E-state index is 0.305. The Morgan fingerprint density at radius 1 is 1.43 bits per heavy atom. The van der Waals surface area contributed by atoms with Crippen LogP contribution in [0.3, 0.4) is 0 Å². The fraction of sp³-hybridized carbons (Fsp3) is 0.800. The number of hydrogen-bond donors (Lipinski definition) is 0. The van der Waals surface area contributed by atoms with Crippen LogP contribution in [-0.2, 0) is 11.3 Å². The van der Waals surface area contributed by atoms with Gasteiger partial charge >= 0.3 is 0 Å². The second kappa shape index (κ2) is 2.72. The van der Waals surface area contributed by atoms with Gasteiger partial charge in [-0.3, -0.25) is 0 Å². The highest BCUT2D eigenvalue weighted by molar-refractivity contribution is 6.16. The second-order valence-electron chi connectivity index (χ2n) is 4.74. The first-order chi connectivity index (χ1) is 6.74. The topological polar surface area (TPSA) is 30.7 Å². The molecule has 2 aliphatic rings. The lowest BCUT2D eigenvalue weighted by Crippen LogP contribution is -2.12. The van der Waals surface area contributed by atoms with Gasteiger partial charge in [-0.25, -0.2) is 0 Å². The van der Waals surface area contributed by atoms with Gasteiger partial charge in [-0.1, -0.05) is 6.92 Å². The predicted octanol–water partition coefficient (Wildman–Crippen LogP) is 2.40. The van der Waals surface area contributed by atoms with Crippen molar-refractivity contribution in [3.63, 3.8) is 0 Å². The van der Waals surface area contributed by atoms with E-state index in [2.05, 4.69) is 21.7 Å². The molecule has 0 atom stereocenters. The van der Waals surface area contributed by atoms with Crippen molar-refractivity contribution < 1.29 is 0 Å². The average Bonchev–Trinajstić information content (AvgIpc) is 3.09. The zero-order valence-corrected chi connectivity index (χ0v) is 9.09. The van der Waals surface area contributed by atoms with Crippen LogP contribution < -0.4 is 0 Å². The van der Waals surface area contributed by atoms with Crippen molar-refractivity contribution in [2.75, 3.05) is 0 Å². The van der Waals surface area contributed by atoms with Crippen molar-refractivity contribution in [1.29, 1.82) is 0 Å². The van der Waals surface area contributed by atoms with Crippen molar-refractivity contribution in [2.24, 2.45) is 0 Å². The summed E-state index contributed by atoms with van der Waals surface area (Å²) in [4.78, 5) is 0. The molecule has 1 aromatic heterocycles. The highest BCUT2D eigenvalue weighted by Gasteiger charge is 2.46. The van der Waals surface area contributed by atoms with Crippen molar-refractivity contribution in [1.82, 2.24) is 14.8 Å². The van der Waals surface area contributed by atoms with Crippen LogP contribution in [0.15, 0.2) is 0 Å². The lowest BCUT2D eigenvalue weighted by molar-refractivity contribution is 0.595. The third-order valence-electron chi connectivity index (χ3n) is 3.34. The smallest absolute Gasteiger partial charge is 0.148 e. The van der Waals surface area contributed by atoms with Gasteiger partial charge in [0.25, 0.3) is 0 Å². The molecule has 0 radical (unpaired) electrons. The van der Waals surface area contributed by atoms with E-state index in [9.17, 15) is 0 Å². The van der Waals surface area contributed by atoms with Crippen LogP contribution in [0.4, 0.5) is 0 Å². The van der Waals surface area contributed by atoms with Gasteiger partial charge in [0.2, 0.25) is 0 Å². The summed E-state index contributed by atoms with van der Waals surface area (Å²) in [5.41, 5.74) is 0.305.